The Bertz CT molecular complexity index is 440. The Morgan fingerprint density at radius 3 is 2.16 bits per heavy atom. The normalized spacial score (nSPS) is 10.3. The molecule has 0 saturated heterocycles. The molecule has 0 N–H and O–H groups in total. The Kier molecular flexibility index (Phi) is 5.73. The summed E-state index contributed by atoms with van der Waals surface area (Å²) >= 11 is 0. The van der Waals surface area contributed by atoms with E-state index in [1.165, 1.54) is 21.3 Å². The predicted molar refractivity (Wildman–Crippen MR) is 71.5 cm³/mol. The summed E-state index contributed by atoms with van der Waals surface area (Å²) < 4.78 is 20.4. The number of ether oxygens (including phenoxy) is 4. The Morgan fingerprint density at radius 1 is 1.16 bits per heavy atom. The van der Waals surface area contributed by atoms with Crippen molar-refractivity contribution in [3.05, 3.63) is 29.5 Å². The molecule has 0 aliphatic rings. The summed E-state index contributed by atoms with van der Waals surface area (Å²) in [6.07, 6.45) is 3.28. The molecule has 0 heterocycles. The number of rotatable bonds is 6. The largest absolute Gasteiger partial charge is 0.501 e. The highest BCUT2D eigenvalue weighted by molar-refractivity contribution is 5.91. The van der Waals surface area contributed by atoms with Crippen molar-refractivity contribution in [1.29, 1.82) is 0 Å². The van der Waals surface area contributed by atoms with Crippen LogP contribution in [0.5, 0.6) is 11.5 Å². The van der Waals surface area contributed by atoms with Crippen LogP contribution in [0.25, 0.3) is 6.08 Å². The summed E-state index contributed by atoms with van der Waals surface area (Å²) in [5.74, 6) is 0.573. The molecular formula is C14H18O5. The van der Waals surface area contributed by atoms with E-state index in [0.717, 1.165) is 0 Å². The summed E-state index contributed by atoms with van der Waals surface area (Å²) in [6, 6.07) is 3.19. The fraction of sp³-hybridized carbons (Fsp3) is 0.357. The van der Waals surface area contributed by atoms with Gasteiger partial charge in [-0.15, -0.1) is 0 Å². The molecule has 0 aromatic heterocycles. The fourth-order valence-corrected chi connectivity index (χ4v) is 1.55. The second kappa shape index (κ2) is 7.31. The number of methoxy groups -OCH3 is 3. The first-order valence-electron chi connectivity index (χ1n) is 5.80. The molecule has 0 bridgehead atoms. The monoisotopic (exact) mass is 266 g/mol. The van der Waals surface area contributed by atoms with Gasteiger partial charge in [0.2, 0.25) is 0 Å². The van der Waals surface area contributed by atoms with E-state index in [4.69, 9.17) is 14.2 Å². The summed E-state index contributed by atoms with van der Waals surface area (Å²) in [5.41, 5.74) is 1.07. The first kappa shape index (κ1) is 14.9. The molecule has 1 rings (SSSR count). The molecule has 0 fully saturated rings. The molecule has 104 valence electrons. The molecule has 5 nitrogen and oxygen atoms in total. The lowest BCUT2D eigenvalue weighted by molar-refractivity contribution is 0.0600. The lowest BCUT2D eigenvalue weighted by atomic mass is 10.1. The Labute approximate surface area is 112 Å². The number of carbonyl (C=O) groups excluding carboxylic acids is 1. The van der Waals surface area contributed by atoms with E-state index in [-0.39, 0.29) is 0 Å². The molecule has 19 heavy (non-hydrogen) atoms. The molecule has 0 radical (unpaired) electrons. The van der Waals surface area contributed by atoms with Gasteiger partial charge in [0.25, 0.3) is 0 Å². The van der Waals surface area contributed by atoms with Crippen LogP contribution in [0.2, 0.25) is 0 Å². The van der Waals surface area contributed by atoms with Gasteiger partial charge in [-0.3, -0.25) is 0 Å². The fourth-order valence-electron chi connectivity index (χ4n) is 1.55. The van der Waals surface area contributed by atoms with Crippen molar-refractivity contribution < 1.29 is 23.7 Å². The van der Waals surface area contributed by atoms with Crippen molar-refractivity contribution in [2.75, 3.05) is 27.9 Å². The van der Waals surface area contributed by atoms with Gasteiger partial charge in [-0.1, -0.05) is 0 Å². The van der Waals surface area contributed by atoms with E-state index < -0.39 is 5.97 Å². The highest BCUT2D eigenvalue weighted by atomic mass is 16.5. The summed E-state index contributed by atoms with van der Waals surface area (Å²) in [6.45, 7) is 2.46. The third-order valence-corrected chi connectivity index (χ3v) is 2.46. The van der Waals surface area contributed by atoms with Crippen molar-refractivity contribution in [2.24, 2.45) is 0 Å². The first-order chi connectivity index (χ1) is 9.17. The maximum Gasteiger partial charge on any atom is 0.338 e. The van der Waals surface area contributed by atoms with Gasteiger partial charge in [-0.05, 0) is 25.1 Å². The Balaban J connectivity index is 3.25. The zero-order valence-electron chi connectivity index (χ0n) is 11.6. The molecule has 1 aromatic carbocycles. The van der Waals surface area contributed by atoms with Crippen LogP contribution in [-0.2, 0) is 9.47 Å². The average Bonchev–Trinajstić information content (AvgIpc) is 2.46. The lowest BCUT2D eigenvalue weighted by Gasteiger charge is -2.12. The number of hydrogen-bond donors (Lipinski definition) is 0. The summed E-state index contributed by atoms with van der Waals surface area (Å²) in [7, 11) is 4.37. The van der Waals surface area contributed by atoms with E-state index in [0.29, 0.717) is 29.2 Å². The van der Waals surface area contributed by atoms with E-state index in [2.05, 4.69) is 4.74 Å². The van der Waals surface area contributed by atoms with Gasteiger partial charge in [0.15, 0.2) is 0 Å². The van der Waals surface area contributed by atoms with Crippen molar-refractivity contribution in [1.82, 2.24) is 0 Å². The standard InChI is InChI=1S/C14H18O5/c1-5-19-7-6-11-12(16-2)8-10(14(15)18-4)9-13(11)17-3/h6-9H,5H2,1-4H3. The molecule has 0 saturated carbocycles. The van der Waals surface area contributed by atoms with E-state index >= 15 is 0 Å². The number of esters is 1. The van der Waals surface area contributed by atoms with Crippen LogP contribution in [0.1, 0.15) is 22.8 Å². The van der Waals surface area contributed by atoms with Crippen molar-refractivity contribution >= 4 is 12.0 Å². The minimum atomic E-state index is -0.447. The number of hydrogen-bond acceptors (Lipinski definition) is 5. The maximum atomic E-state index is 11.5. The first-order valence-corrected chi connectivity index (χ1v) is 5.80. The van der Waals surface area contributed by atoms with Crippen LogP contribution in [0.15, 0.2) is 18.4 Å². The summed E-state index contributed by atoms with van der Waals surface area (Å²) in [4.78, 5) is 11.5. The van der Waals surface area contributed by atoms with Crippen LogP contribution in [0.3, 0.4) is 0 Å². The van der Waals surface area contributed by atoms with Crippen molar-refractivity contribution in [2.45, 2.75) is 6.92 Å². The topological polar surface area (TPSA) is 54.0 Å². The third kappa shape index (κ3) is 3.64. The van der Waals surface area contributed by atoms with Gasteiger partial charge in [0, 0.05) is 0 Å². The number of carbonyl (C=O) groups is 1. The molecule has 0 unspecified atom stereocenters. The smallest absolute Gasteiger partial charge is 0.338 e. The highest BCUT2D eigenvalue weighted by Crippen LogP contribution is 2.32. The number of benzene rings is 1. The quantitative estimate of drug-likeness (QED) is 0.585. The zero-order valence-corrected chi connectivity index (χ0v) is 11.6. The predicted octanol–water partition coefficient (Wildman–Crippen LogP) is 2.50. The molecule has 0 aliphatic heterocycles. The van der Waals surface area contributed by atoms with Gasteiger partial charge in [0.05, 0.1) is 45.3 Å². The van der Waals surface area contributed by atoms with Crippen LogP contribution in [-0.4, -0.2) is 33.9 Å². The second-order valence-corrected chi connectivity index (χ2v) is 3.54. The molecule has 0 atom stereocenters. The van der Waals surface area contributed by atoms with Gasteiger partial charge in [-0.2, -0.15) is 0 Å². The van der Waals surface area contributed by atoms with Gasteiger partial charge in [-0.25, -0.2) is 4.79 Å². The Morgan fingerprint density at radius 2 is 1.74 bits per heavy atom. The van der Waals surface area contributed by atoms with Crippen LogP contribution >= 0.6 is 0 Å². The highest BCUT2D eigenvalue weighted by Gasteiger charge is 2.15. The van der Waals surface area contributed by atoms with E-state index in [9.17, 15) is 4.79 Å². The van der Waals surface area contributed by atoms with Crippen LogP contribution in [0, 0.1) is 0 Å². The molecule has 0 amide bonds. The van der Waals surface area contributed by atoms with Crippen molar-refractivity contribution in [3.63, 3.8) is 0 Å². The van der Waals surface area contributed by atoms with Crippen LogP contribution in [0.4, 0.5) is 0 Å². The molecule has 0 spiro atoms. The molecule has 1 aromatic rings. The SMILES string of the molecule is CCOC=Cc1c(OC)cc(C(=O)OC)cc1OC. The lowest BCUT2D eigenvalue weighted by Crippen LogP contribution is -2.03. The van der Waals surface area contributed by atoms with E-state index in [1.807, 2.05) is 6.92 Å². The summed E-state index contributed by atoms with van der Waals surface area (Å²) in [5, 5.41) is 0. The molecular weight excluding hydrogens is 248 g/mol. The zero-order chi connectivity index (χ0) is 14.3. The van der Waals surface area contributed by atoms with Gasteiger partial charge >= 0.3 is 5.97 Å². The van der Waals surface area contributed by atoms with Crippen molar-refractivity contribution in [3.8, 4) is 11.5 Å². The molecule has 0 aliphatic carbocycles. The van der Waals surface area contributed by atoms with Crippen LogP contribution < -0.4 is 9.47 Å². The minimum absolute atomic E-state index is 0.366. The average molecular weight is 266 g/mol. The van der Waals surface area contributed by atoms with Gasteiger partial charge < -0.3 is 18.9 Å². The Hall–Kier alpha value is -2.17. The van der Waals surface area contributed by atoms with E-state index in [1.54, 1.807) is 24.5 Å². The second-order valence-electron chi connectivity index (χ2n) is 3.54. The minimum Gasteiger partial charge on any atom is -0.501 e. The molecule has 5 heteroatoms. The van der Waals surface area contributed by atoms with Gasteiger partial charge in [0.1, 0.15) is 11.5 Å². The maximum absolute atomic E-state index is 11.5. The third-order valence-electron chi connectivity index (χ3n) is 2.46.